The van der Waals surface area contributed by atoms with Crippen molar-refractivity contribution >= 4 is 21.9 Å². The molecule has 2 rings (SSSR count). The molecule has 0 aliphatic heterocycles. The fourth-order valence-corrected chi connectivity index (χ4v) is 1.89. The minimum Gasteiger partial charge on any atom is -0.477 e. The lowest BCUT2D eigenvalue weighted by atomic mass is 10.1. The molecule has 0 aromatic carbocycles. The molecule has 0 radical (unpaired) electrons. The van der Waals surface area contributed by atoms with Gasteiger partial charge < -0.3 is 9.63 Å². The van der Waals surface area contributed by atoms with Gasteiger partial charge >= 0.3 is 5.97 Å². The topological polar surface area (TPSA) is 76.2 Å². The first-order valence-corrected chi connectivity index (χ1v) is 5.75. The van der Waals surface area contributed by atoms with E-state index in [4.69, 9.17) is 9.63 Å². The lowest BCUT2D eigenvalue weighted by Gasteiger charge is -1.98. The average Bonchev–Trinajstić information content (AvgIpc) is 2.72. The van der Waals surface area contributed by atoms with Crippen LogP contribution < -0.4 is 0 Å². The highest BCUT2D eigenvalue weighted by molar-refractivity contribution is 9.10. The van der Waals surface area contributed by atoms with Gasteiger partial charge in [-0.1, -0.05) is 12.1 Å². The molecule has 0 unspecified atom stereocenters. The number of hydrogen-bond donors (Lipinski definition) is 1. The zero-order valence-electron chi connectivity index (χ0n) is 8.98. The average molecular weight is 297 g/mol. The Balaban J connectivity index is 2.60. The second-order valence-electron chi connectivity index (χ2n) is 3.38. The molecular weight excluding hydrogens is 288 g/mol. The van der Waals surface area contributed by atoms with Crippen LogP contribution in [0.3, 0.4) is 0 Å². The standard InChI is InChI=1S/C11H9BrN2O3/c1-2-8-9(11(15)16)10(14-17-8)6-3-7(12)5-13-4-6/h3-5H,2H2,1H3,(H,15,16). The van der Waals surface area contributed by atoms with E-state index in [9.17, 15) is 4.79 Å². The monoisotopic (exact) mass is 296 g/mol. The van der Waals surface area contributed by atoms with Gasteiger partial charge in [0.2, 0.25) is 0 Å². The second-order valence-corrected chi connectivity index (χ2v) is 4.30. The van der Waals surface area contributed by atoms with Crippen molar-refractivity contribution in [1.82, 2.24) is 10.1 Å². The molecule has 0 aliphatic carbocycles. The lowest BCUT2D eigenvalue weighted by molar-refractivity contribution is 0.0695. The maximum Gasteiger partial charge on any atom is 0.341 e. The number of aryl methyl sites for hydroxylation is 1. The third-order valence-corrected chi connectivity index (χ3v) is 2.71. The molecule has 0 fully saturated rings. The Kier molecular flexibility index (Phi) is 3.23. The summed E-state index contributed by atoms with van der Waals surface area (Å²) in [7, 11) is 0. The maximum absolute atomic E-state index is 11.2. The van der Waals surface area contributed by atoms with E-state index in [1.54, 1.807) is 18.5 Å². The molecule has 0 aliphatic rings. The molecular formula is C11H9BrN2O3. The number of carbonyl (C=O) groups is 1. The Morgan fingerprint density at radius 1 is 1.53 bits per heavy atom. The van der Waals surface area contributed by atoms with Gasteiger partial charge in [-0.15, -0.1) is 0 Å². The van der Waals surface area contributed by atoms with Crippen molar-refractivity contribution in [2.75, 3.05) is 0 Å². The summed E-state index contributed by atoms with van der Waals surface area (Å²) in [4.78, 5) is 15.2. The molecule has 2 heterocycles. The zero-order chi connectivity index (χ0) is 12.4. The minimum absolute atomic E-state index is 0.104. The van der Waals surface area contributed by atoms with Crippen molar-refractivity contribution in [3.63, 3.8) is 0 Å². The van der Waals surface area contributed by atoms with Gasteiger partial charge in [-0.05, 0) is 22.0 Å². The highest BCUT2D eigenvalue weighted by Crippen LogP contribution is 2.27. The van der Waals surface area contributed by atoms with Crippen LogP contribution in [0.4, 0.5) is 0 Å². The predicted molar refractivity (Wildman–Crippen MR) is 63.8 cm³/mol. The molecule has 0 saturated carbocycles. The number of pyridine rings is 1. The normalized spacial score (nSPS) is 10.5. The number of aromatic nitrogens is 2. The minimum atomic E-state index is -1.04. The van der Waals surface area contributed by atoms with E-state index in [2.05, 4.69) is 26.1 Å². The first-order chi connectivity index (χ1) is 8.13. The van der Waals surface area contributed by atoms with Crippen LogP contribution in [0.1, 0.15) is 23.0 Å². The number of carboxylic acid groups (broad SMARTS) is 1. The first kappa shape index (κ1) is 11.8. The third kappa shape index (κ3) is 2.21. The van der Waals surface area contributed by atoms with Crippen LogP contribution >= 0.6 is 15.9 Å². The number of hydrogen-bond acceptors (Lipinski definition) is 4. The molecule has 0 amide bonds. The molecule has 2 aromatic heterocycles. The van der Waals surface area contributed by atoms with Crippen LogP contribution in [0.5, 0.6) is 0 Å². The Labute approximate surface area is 106 Å². The van der Waals surface area contributed by atoms with Crippen LogP contribution in [-0.4, -0.2) is 21.2 Å². The third-order valence-electron chi connectivity index (χ3n) is 2.28. The highest BCUT2D eigenvalue weighted by Gasteiger charge is 2.22. The molecule has 17 heavy (non-hydrogen) atoms. The van der Waals surface area contributed by atoms with Crippen LogP contribution in [-0.2, 0) is 6.42 Å². The number of nitrogens with zero attached hydrogens (tertiary/aromatic N) is 2. The van der Waals surface area contributed by atoms with Crippen molar-refractivity contribution in [3.8, 4) is 11.3 Å². The second kappa shape index (κ2) is 4.67. The fraction of sp³-hybridized carbons (Fsp3) is 0.182. The molecule has 5 nitrogen and oxygen atoms in total. The molecule has 0 spiro atoms. The van der Waals surface area contributed by atoms with Gasteiger partial charge in [-0.2, -0.15) is 0 Å². The SMILES string of the molecule is CCc1onc(-c2cncc(Br)c2)c1C(=O)O. The van der Waals surface area contributed by atoms with Crippen molar-refractivity contribution < 1.29 is 14.4 Å². The Bertz CT molecular complexity index is 566. The van der Waals surface area contributed by atoms with E-state index in [0.29, 0.717) is 23.4 Å². The quantitative estimate of drug-likeness (QED) is 0.942. The number of rotatable bonds is 3. The van der Waals surface area contributed by atoms with Crippen LogP contribution in [0.15, 0.2) is 27.5 Å². The van der Waals surface area contributed by atoms with Gasteiger partial charge in [0.05, 0.1) is 0 Å². The van der Waals surface area contributed by atoms with Gasteiger partial charge in [-0.3, -0.25) is 4.98 Å². The van der Waals surface area contributed by atoms with E-state index in [-0.39, 0.29) is 5.56 Å². The molecule has 0 bridgehead atoms. The lowest BCUT2D eigenvalue weighted by Crippen LogP contribution is -2.01. The number of carboxylic acids is 1. The van der Waals surface area contributed by atoms with Crippen LogP contribution in [0, 0.1) is 0 Å². The van der Waals surface area contributed by atoms with Gasteiger partial charge in [0.25, 0.3) is 0 Å². The molecule has 0 atom stereocenters. The Morgan fingerprint density at radius 3 is 2.88 bits per heavy atom. The van der Waals surface area contributed by atoms with E-state index in [1.165, 1.54) is 0 Å². The first-order valence-electron chi connectivity index (χ1n) is 4.96. The largest absolute Gasteiger partial charge is 0.477 e. The summed E-state index contributed by atoms with van der Waals surface area (Å²) in [6, 6.07) is 1.75. The summed E-state index contributed by atoms with van der Waals surface area (Å²) >= 11 is 3.28. The summed E-state index contributed by atoms with van der Waals surface area (Å²) in [5.74, 6) is -0.675. The smallest absolute Gasteiger partial charge is 0.341 e. The zero-order valence-corrected chi connectivity index (χ0v) is 10.6. The molecule has 2 aromatic rings. The molecule has 0 saturated heterocycles. The predicted octanol–water partition coefficient (Wildman–Crippen LogP) is 2.76. The van der Waals surface area contributed by atoms with Crippen molar-refractivity contribution in [2.24, 2.45) is 0 Å². The van der Waals surface area contributed by atoms with Gasteiger partial charge in [0.15, 0.2) is 5.76 Å². The van der Waals surface area contributed by atoms with Crippen molar-refractivity contribution in [3.05, 3.63) is 34.3 Å². The van der Waals surface area contributed by atoms with E-state index in [0.717, 1.165) is 4.47 Å². The van der Waals surface area contributed by atoms with E-state index in [1.807, 2.05) is 6.92 Å². The fourth-order valence-electron chi connectivity index (χ4n) is 1.52. The van der Waals surface area contributed by atoms with E-state index >= 15 is 0 Å². The number of aromatic carboxylic acids is 1. The molecule has 88 valence electrons. The maximum atomic E-state index is 11.2. The molecule has 6 heteroatoms. The van der Waals surface area contributed by atoms with Gasteiger partial charge in [0, 0.05) is 28.9 Å². The summed E-state index contributed by atoms with van der Waals surface area (Å²) in [5, 5.41) is 13.0. The summed E-state index contributed by atoms with van der Waals surface area (Å²) in [5.41, 5.74) is 1.02. The van der Waals surface area contributed by atoms with E-state index < -0.39 is 5.97 Å². The van der Waals surface area contributed by atoms with Crippen molar-refractivity contribution in [2.45, 2.75) is 13.3 Å². The summed E-state index contributed by atoms with van der Waals surface area (Å²) in [6.45, 7) is 1.82. The van der Waals surface area contributed by atoms with Gasteiger partial charge in [-0.25, -0.2) is 4.79 Å². The summed E-state index contributed by atoms with van der Waals surface area (Å²) < 4.78 is 5.78. The van der Waals surface area contributed by atoms with Gasteiger partial charge in [0.1, 0.15) is 11.3 Å². The number of halogens is 1. The Morgan fingerprint density at radius 2 is 2.29 bits per heavy atom. The molecule has 1 N–H and O–H groups in total. The highest BCUT2D eigenvalue weighted by atomic mass is 79.9. The Hall–Kier alpha value is -1.69. The van der Waals surface area contributed by atoms with Crippen LogP contribution in [0.2, 0.25) is 0 Å². The van der Waals surface area contributed by atoms with Crippen LogP contribution in [0.25, 0.3) is 11.3 Å². The summed E-state index contributed by atoms with van der Waals surface area (Å²) in [6.07, 6.45) is 3.65. The van der Waals surface area contributed by atoms with Crippen molar-refractivity contribution in [1.29, 1.82) is 0 Å².